The molecule has 0 spiro atoms. The van der Waals surface area contributed by atoms with Gasteiger partial charge in [-0.25, -0.2) is 4.89 Å². The Morgan fingerprint density at radius 2 is 1.91 bits per heavy atom. The molecule has 0 bridgehead atoms. The maximum Gasteiger partial charge on any atom is 0.255 e. The van der Waals surface area contributed by atoms with Crippen LogP contribution in [0, 0.1) is 0 Å². The van der Waals surface area contributed by atoms with Crippen LogP contribution in [0.4, 0.5) is 5.69 Å². The second-order valence-corrected chi connectivity index (χ2v) is 4.91. The molecule has 0 unspecified atom stereocenters. The minimum Gasteiger partial charge on any atom is -0.321 e. The van der Waals surface area contributed by atoms with Crippen LogP contribution in [0.1, 0.15) is 15.9 Å². The highest BCUT2D eigenvalue weighted by Crippen LogP contribution is 2.28. The minimum absolute atomic E-state index is 0.212. The summed E-state index contributed by atoms with van der Waals surface area (Å²) in [5.74, 6) is -0.212. The van der Waals surface area contributed by atoms with E-state index in [2.05, 4.69) is 21.8 Å². The zero-order valence-electron chi connectivity index (χ0n) is 11.9. The van der Waals surface area contributed by atoms with Gasteiger partial charge in [0.2, 0.25) is 0 Å². The van der Waals surface area contributed by atoms with Crippen molar-refractivity contribution in [2.45, 2.75) is 4.90 Å². The van der Waals surface area contributed by atoms with E-state index in [-0.39, 0.29) is 5.91 Å². The quantitative estimate of drug-likeness (QED) is 0.361. The van der Waals surface area contributed by atoms with E-state index < -0.39 is 0 Å². The van der Waals surface area contributed by atoms with E-state index in [0.717, 1.165) is 17.6 Å². The molecule has 2 rings (SSSR count). The minimum atomic E-state index is -0.212. The second-order valence-electron chi connectivity index (χ2n) is 4.16. The highest BCUT2D eigenvalue weighted by molar-refractivity contribution is 7.94. The Labute approximate surface area is 133 Å². The standard InChI is InChI=1S/C16H15NO4S/c1-3-12-8-10-13(11-9-12)16(18)17-14-6-4-5-7-15(14)22-21-20-19-2/h3-11H,1H2,2H3,(H,17,18). The van der Waals surface area contributed by atoms with E-state index in [1.54, 1.807) is 30.3 Å². The Morgan fingerprint density at radius 1 is 1.18 bits per heavy atom. The number of anilines is 1. The van der Waals surface area contributed by atoms with Crippen molar-refractivity contribution >= 4 is 29.7 Å². The molecule has 0 radical (unpaired) electrons. The summed E-state index contributed by atoms with van der Waals surface area (Å²) in [6.07, 6.45) is 1.72. The number of para-hydroxylation sites is 1. The highest BCUT2D eigenvalue weighted by Gasteiger charge is 2.10. The van der Waals surface area contributed by atoms with Crippen LogP contribution in [-0.4, -0.2) is 13.0 Å². The summed E-state index contributed by atoms with van der Waals surface area (Å²) in [7, 11) is 1.33. The maximum atomic E-state index is 12.3. The Kier molecular flexibility index (Phi) is 6.17. The van der Waals surface area contributed by atoms with Gasteiger partial charge in [0, 0.05) is 5.56 Å². The third-order valence-corrected chi connectivity index (χ3v) is 3.42. The molecule has 5 nitrogen and oxygen atoms in total. The normalized spacial score (nSPS) is 10.2. The summed E-state index contributed by atoms with van der Waals surface area (Å²) in [5.41, 5.74) is 2.13. The van der Waals surface area contributed by atoms with Gasteiger partial charge in [-0.1, -0.05) is 42.0 Å². The molecule has 1 amide bonds. The maximum absolute atomic E-state index is 12.3. The molecule has 0 aliphatic rings. The first kappa shape index (κ1) is 16.3. The molecule has 6 heteroatoms. The number of carbonyl (C=O) groups excluding carboxylic acids is 1. The van der Waals surface area contributed by atoms with Crippen molar-refractivity contribution in [1.29, 1.82) is 0 Å². The molecule has 0 aliphatic carbocycles. The molecule has 0 heterocycles. The number of carbonyl (C=O) groups is 1. The van der Waals surface area contributed by atoms with Crippen molar-refractivity contribution in [3.63, 3.8) is 0 Å². The predicted octanol–water partition coefficient (Wildman–Crippen LogP) is 4.10. The average molecular weight is 317 g/mol. The predicted molar refractivity (Wildman–Crippen MR) is 86.0 cm³/mol. The summed E-state index contributed by atoms with van der Waals surface area (Å²) < 4.78 is 4.76. The van der Waals surface area contributed by atoms with Crippen LogP contribution in [0.25, 0.3) is 6.08 Å². The number of rotatable bonds is 7. The SMILES string of the molecule is C=Cc1ccc(C(=O)Nc2ccccc2SOOOC)cc1. The van der Waals surface area contributed by atoms with Crippen LogP contribution >= 0.6 is 12.0 Å². The molecule has 0 saturated carbocycles. The molecule has 0 aromatic heterocycles. The van der Waals surface area contributed by atoms with Crippen molar-refractivity contribution in [2.75, 3.05) is 12.4 Å². The largest absolute Gasteiger partial charge is 0.321 e. The van der Waals surface area contributed by atoms with Gasteiger partial charge in [0.15, 0.2) is 0 Å². The third-order valence-electron chi connectivity index (χ3n) is 2.76. The van der Waals surface area contributed by atoms with Gasteiger partial charge in [-0.2, -0.15) is 0 Å². The lowest BCUT2D eigenvalue weighted by molar-refractivity contribution is -0.447. The fourth-order valence-corrected chi connectivity index (χ4v) is 2.19. The van der Waals surface area contributed by atoms with Crippen LogP contribution in [0.15, 0.2) is 60.0 Å². The van der Waals surface area contributed by atoms with Gasteiger partial charge in [0.1, 0.15) is 0 Å². The van der Waals surface area contributed by atoms with E-state index >= 15 is 0 Å². The highest BCUT2D eigenvalue weighted by atomic mass is 32.2. The van der Waals surface area contributed by atoms with Crippen LogP contribution in [0.3, 0.4) is 0 Å². The van der Waals surface area contributed by atoms with Crippen LogP contribution in [-0.2, 0) is 14.3 Å². The number of amides is 1. The van der Waals surface area contributed by atoms with E-state index in [1.165, 1.54) is 7.11 Å². The molecule has 22 heavy (non-hydrogen) atoms. The van der Waals surface area contributed by atoms with Gasteiger partial charge in [0.25, 0.3) is 5.91 Å². The van der Waals surface area contributed by atoms with E-state index in [4.69, 9.17) is 4.33 Å². The number of hydrogen-bond acceptors (Lipinski definition) is 5. The van der Waals surface area contributed by atoms with Gasteiger partial charge < -0.3 is 5.32 Å². The third kappa shape index (κ3) is 4.44. The molecule has 0 aliphatic heterocycles. The summed E-state index contributed by atoms with van der Waals surface area (Å²) >= 11 is 0.940. The van der Waals surface area contributed by atoms with E-state index in [1.807, 2.05) is 24.3 Å². The Bertz CT molecular complexity index is 643. The van der Waals surface area contributed by atoms with E-state index in [0.29, 0.717) is 16.1 Å². The average Bonchev–Trinajstić information content (AvgIpc) is 2.56. The Hall–Kier alpha value is -2.12. The molecule has 0 fully saturated rings. The smallest absolute Gasteiger partial charge is 0.255 e. The molecular formula is C16H15NO4S. The first-order valence-corrected chi connectivity index (χ1v) is 7.15. The van der Waals surface area contributed by atoms with E-state index in [9.17, 15) is 4.79 Å². The second kappa shape index (κ2) is 8.35. The van der Waals surface area contributed by atoms with Crippen LogP contribution in [0.5, 0.6) is 0 Å². The zero-order valence-corrected chi connectivity index (χ0v) is 12.8. The number of nitrogens with one attached hydrogen (secondary N) is 1. The van der Waals surface area contributed by atoms with Gasteiger partial charge >= 0.3 is 0 Å². The lowest BCUT2D eigenvalue weighted by Gasteiger charge is -2.09. The number of hydrogen-bond donors (Lipinski definition) is 1. The van der Waals surface area contributed by atoms with Gasteiger partial charge in [-0.3, -0.25) is 4.79 Å². The topological polar surface area (TPSA) is 56.8 Å². The summed E-state index contributed by atoms with van der Waals surface area (Å²) in [4.78, 5) is 17.3. The first-order valence-electron chi connectivity index (χ1n) is 6.41. The van der Waals surface area contributed by atoms with Crippen molar-refractivity contribution in [2.24, 2.45) is 0 Å². The number of benzene rings is 2. The molecule has 0 saturated heterocycles. The molecule has 2 aromatic rings. The van der Waals surface area contributed by atoms with Gasteiger partial charge in [-0.05, 0) is 29.8 Å². The fraction of sp³-hybridized carbons (Fsp3) is 0.0625. The van der Waals surface area contributed by atoms with Gasteiger partial charge in [-0.15, -0.1) is 4.33 Å². The molecular weight excluding hydrogens is 302 g/mol. The lowest BCUT2D eigenvalue weighted by Crippen LogP contribution is -2.12. The summed E-state index contributed by atoms with van der Waals surface area (Å²) in [5, 5.41) is 7.18. The van der Waals surface area contributed by atoms with Gasteiger partial charge in [0.05, 0.1) is 29.7 Å². The van der Waals surface area contributed by atoms with Crippen molar-refractivity contribution < 1.29 is 19.1 Å². The fourth-order valence-electron chi connectivity index (χ4n) is 1.69. The van der Waals surface area contributed by atoms with Crippen molar-refractivity contribution in [1.82, 2.24) is 0 Å². The molecule has 114 valence electrons. The monoisotopic (exact) mass is 317 g/mol. The summed E-state index contributed by atoms with van der Waals surface area (Å²) in [6, 6.07) is 14.4. The molecule has 2 aromatic carbocycles. The van der Waals surface area contributed by atoms with Crippen molar-refractivity contribution in [3.05, 3.63) is 66.2 Å². The Balaban J connectivity index is 2.08. The lowest BCUT2D eigenvalue weighted by atomic mass is 10.1. The molecule has 1 N–H and O–H groups in total. The Morgan fingerprint density at radius 3 is 2.59 bits per heavy atom. The summed E-state index contributed by atoms with van der Waals surface area (Å²) in [6.45, 7) is 3.68. The molecule has 0 atom stereocenters. The van der Waals surface area contributed by atoms with Crippen molar-refractivity contribution in [3.8, 4) is 0 Å². The first-order chi connectivity index (χ1) is 10.7. The zero-order chi connectivity index (χ0) is 15.8. The van der Waals surface area contributed by atoms with Crippen LogP contribution < -0.4 is 5.32 Å². The van der Waals surface area contributed by atoms with Crippen LogP contribution in [0.2, 0.25) is 0 Å².